The van der Waals surface area contributed by atoms with Crippen molar-refractivity contribution in [2.75, 3.05) is 11.5 Å². The zero-order valence-corrected chi connectivity index (χ0v) is 13.1. The van der Waals surface area contributed by atoms with Crippen molar-refractivity contribution in [2.24, 2.45) is 19.8 Å². The van der Waals surface area contributed by atoms with Crippen molar-refractivity contribution >= 4 is 11.8 Å². The molecule has 0 saturated carbocycles. The lowest BCUT2D eigenvalue weighted by Crippen LogP contribution is -2.52. The van der Waals surface area contributed by atoms with Crippen LogP contribution < -0.4 is 10.6 Å². The number of esters is 1. The van der Waals surface area contributed by atoms with E-state index in [1.165, 1.54) is 11.2 Å². The van der Waals surface area contributed by atoms with E-state index in [4.69, 9.17) is 15.2 Å². The van der Waals surface area contributed by atoms with Crippen LogP contribution in [0.3, 0.4) is 0 Å². The van der Waals surface area contributed by atoms with E-state index in [9.17, 15) is 4.79 Å². The van der Waals surface area contributed by atoms with Crippen LogP contribution in [0, 0.1) is 0 Å². The molecule has 2 aromatic heterocycles. The van der Waals surface area contributed by atoms with Gasteiger partial charge in [0.2, 0.25) is 0 Å². The average Bonchev–Trinajstić information content (AvgIpc) is 3.19. The Labute approximate surface area is 132 Å². The fourth-order valence-electron chi connectivity index (χ4n) is 2.37. The van der Waals surface area contributed by atoms with E-state index in [1.807, 2.05) is 0 Å². The van der Waals surface area contributed by atoms with Crippen LogP contribution in [0.2, 0.25) is 0 Å². The molecular weight excluding hydrogens is 300 g/mol. The molecule has 0 spiro atoms. The number of rotatable bonds is 4. The van der Waals surface area contributed by atoms with Gasteiger partial charge in [-0.3, -0.25) is 20.0 Å². The molecule has 1 aliphatic rings. The number of carbonyl (C=O) groups is 1. The molecule has 1 unspecified atom stereocenters. The molecule has 0 amide bonds. The van der Waals surface area contributed by atoms with Crippen molar-refractivity contribution < 1.29 is 14.3 Å². The van der Waals surface area contributed by atoms with Crippen LogP contribution in [0.25, 0.3) is 0 Å². The lowest BCUT2D eigenvalue weighted by molar-refractivity contribution is -0.138. The van der Waals surface area contributed by atoms with Crippen LogP contribution in [0.15, 0.2) is 36.5 Å². The monoisotopic (exact) mass is 318 g/mol. The Kier molecular flexibility index (Phi) is 3.57. The van der Waals surface area contributed by atoms with Crippen LogP contribution in [0.1, 0.15) is 12.6 Å². The molecule has 0 aromatic carbocycles. The second-order valence-electron chi connectivity index (χ2n) is 5.10. The molecule has 0 radical (unpaired) electrons. The molecular formula is C14H18N6O3. The molecule has 0 aliphatic carbocycles. The van der Waals surface area contributed by atoms with Crippen LogP contribution >= 0.6 is 0 Å². The Morgan fingerprint density at radius 2 is 2.00 bits per heavy atom. The third-order valence-corrected chi connectivity index (χ3v) is 3.42. The average molecular weight is 318 g/mol. The Bertz CT molecular complexity index is 764. The summed E-state index contributed by atoms with van der Waals surface area (Å²) in [5.74, 6) is -1.56. The smallest absolute Gasteiger partial charge is 0.358 e. The molecule has 9 heteroatoms. The predicted molar refractivity (Wildman–Crippen MR) is 80.6 cm³/mol. The van der Waals surface area contributed by atoms with Gasteiger partial charge in [-0.2, -0.15) is 10.2 Å². The normalized spacial score (nSPS) is 20.3. The van der Waals surface area contributed by atoms with Crippen LogP contribution in [-0.2, 0) is 34.2 Å². The van der Waals surface area contributed by atoms with E-state index in [2.05, 4.69) is 10.2 Å². The lowest BCUT2D eigenvalue weighted by Gasteiger charge is -2.32. The lowest BCUT2D eigenvalue weighted by atomic mass is 10.2. The van der Waals surface area contributed by atoms with Gasteiger partial charge in [-0.15, -0.1) is 0 Å². The zero-order valence-electron chi connectivity index (χ0n) is 13.1. The Hall–Kier alpha value is -2.81. The van der Waals surface area contributed by atoms with Crippen molar-refractivity contribution in [1.82, 2.24) is 19.6 Å². The fourth-order valence-corrected chi connectivity index (χ4v) is 2.37. The molecule has 3 rings (SSSR count). The summed E-state index contributed by atoms with van der Waals surface area (Å²) in [5.41, 5.74) is 7.03. The van der Waals surface area contributed by atoms with Crippen molar-refractivity contribution in [3.63, 3.8) is 0 Å². The van der Waals surface area contributed by atoms with E-state index >= 15 is 0 Å². The highest BCUT2D eigenvalue weighted by Gasteiger charge is 2.48. The minimum atomic E-state index is -1.47. The molecule has 23 heavy (non-hydrogen) atoms. The Morgan fingerprint density at radius 3 is 2.57 bits per heavy atom. The van der Waals surface area contributed by atoms with Gasteiger partial charge < -0.3 is 9.47 Å². The molecule has 1 atom stereocenters. The van der Waals surface area contributed by atoms with Gasteiger partial charge in [0.25, 0.3) is 5.85 Å². The van der Waals surface area contributed by atoms with Crippen molar-refractivity contribution in [3.8, 4) is 0 Å². The maximum Gasteiger partial charge on any atom is 0.358 e. The van der Waals surface area contributed by atoms with Crippen molar-refractivity contribution in [1.29, 1.82) is 0 Å². The number of nitrogens with zero attached hydrogens (tertiary/aromatic N) is 5. The number of ether oxygens (including phenoxy) is 2. The Morgan fingerprint density at radius 1 is 1.30 bits per heavy atom. The van der Waals surface area contributed by atoms with Gasteiger partial charge in [-0.1, -0.05) is 0 Å². The van der Waals surface area contributed by atoms with E-state index < -0.39 is 11.8 Å². The van der Waals surface area contributed by atoms with E-state index in [1.54, 1.807) is 54.9 Å². The number of hydrogen-bond acceptors (Lipinski definition) is 7. The zero-order chi connectivity index (χ0) is 16.6. The first kappa shape index (κ1) is 15.1. The summed E-state index contributed by atoms with van der Waals surface area (Å²) in [6.45, 7) is 1.97. The number of aryl methyl sites for hydroxylation is 2. The fraction of sp³-hybridized carbons (Fsp3) is 0.357. The second-order valence-corrected chi connectivity index (χ2v) is 5.10. The first-order valence-electron chi connectivity index (χ1n) is 7.09. The van der Waals surface area contributed by atoms with Gasteiger partial charge >= 0.3 is 5.97 Å². The first-order valence-corrected chi connectivity index (χ1v) is 7.09. The van der Waals surface area contributed by atoms with E-state index in [0.717, 1.165) is 0 Å². The maximum atomic E-state index is 12.2. The quantitative estimate of drug-likeness (QED) is 0.802. The number of nitrogens with two attached hydrogens (primary N) is 1. The van der Waals surface area contributed by atoms with Crippen LogP contribution in [0.4, 0.5) is 5.82 Å². The summed E-state index contributed by atoms with van der Waals surface area (Å²) >= 11 is 0. The number of aromatic nitrogens is 4. The third kappa shape index (κ3) is 2.44. The summed E-state index contributed by atoms with van der Waals surface area (Å²) in [4.78, 5) is 13.7. The highest BCUT2D eigenvalue weighted by atomic mass is 16.6. The minimum absolute atomic E-state index is 0.165. The molecule has 3 heterocycles. The largest absolute Gasteiger partial charge is 0.461 e. The second kappa shape index (κ2) is 5.43. The van der Waals surface area contributed by atoms with Gasteiger partial charge in [-0.05, 0) is 13.0 Å². The molecule has 122 valence electrons. The predicted octanol–water partition coefficient (Wildman–Crippen LogP) is 0.164. The van der Waals surface area contributed by atoms with Crippen LogP contribution in [-0.4, -0.2) is 32.1 Å². The standard InChI is InChI=1S/C14H18N6O3/c1-4-22-13(21)10-9-23-14(15,11-5-7-18(2)16-11)20(10)12-6-8-19(3)17-12/h5-9H,4,15H2,1-3H3. The number of hydrogen-bond donors (Lipinski definition) is 1. The van der Waals surface area contributed by atoms with Gasteiger partial charge in [0.05, 0.1) is 6.61 Å². The SMILES string of the molecule is CCOC(=O)C1=COC(N)(c2ccn(C)n2)N1c1ccn(C)n1. The van der Waals surface area contributed by atoms with Crippen molar-refractivity contribution in [3.05, 3.63) is 42.2 Å². The molecule has 0 saturated heterocycles. The molecule has 2 aromatic rings. The molecule has 0 fully saturated rings. The molecule has 2 N–H and O–H groups in total. The first-order chi connectivity index (χ1) is 11.0. The summed E-state index contributed by atoms with van der Waals surface area (Å²) in [5, 5.41) is 8.60. The molecule has 9 nitrogen and oxygen atoms in total. The topological polar surface area (TPSA) is 100 Å². The summed E-state index contributed by atoms with van der Waals surface area (Å²) < 4.78 is 13.9. The summed E-state index contributed by atoms with van der Waals surface area (Å²) in [6.07, 6.45) is 4.77. The molecule has 0 bridgehead atoms. The maximum absolute atomic E-state index is 12.2. The van der Waals surface area contributed by atoms with Crippen molar-refractivity contribution in [2.45, 2.75) is 12.8 Å². The van der Waals surface area contributed by atoms with Gasteiger partial charge in [0, 0.05) is 32.6 Å². The summed E-state index contributed by atoms with van der Waals surface area (Å²) in [6, 6.07) is 3.45. The summed E-state index contributed by atoms with van der Waals surface area (Å²) in [7, 11) is 3.54. The Balaban J connectivity index is 2.06. The van der Waals surface area contributed by atoms with E-state index in [-0.39, 0.29) is 12.3 Å². The van der Waals surface area contributed by atoms with Gasteiger partial charge in [-0.25, -0.2) is 4.79 Å². The highest BCUT2D eigenvalue weighted by molar-refractivity contribution is 5.93. The van der Waals surface area contributed by atoms with Gasteiger partial charge in [0.1, 0.15) is 12.0 Å². The third-order valence-electron chi connectivity index (χ3n) is 3.42. The number of anilines is 1. The highest BCUT2D eigenvalue weighted by Crippen LogP contribution is 2.37. The molecule has 1 aliphatic heterocycles. The van der Waals surface area contributed by atoms with Gasteiger partial charge in [0.15, 0.2) is 11.5 Å². The van der Waals surface area contributed by atoms with E-state index in [0.29, 0.717) is 11.5 Å². The minimum Gasteiger partial charge on any atom is -0.461 e. The van der Waals surface area contributed by atoms with Crippen LogP contribution in [0.5, 0.6) is 0 Å². The number of carbonyl (C=O) groups excluding carboxylic acids is 1.